The number of hydrogen-bond acceptors (Lipinski definition) is 7. The predicted octanol–water partition coefficient (Wildman–Crippen LogP) is 1.16. The van der Waals surface area contributed by atoms with Crippen LogP contribution in [0.25, 0.3) is 0 Å². The van der Waals surface area contributed by atoms with Crippen molar-refractivity contribution in [3.63, 3.8) is 0 Å². The van der Waals surface area contributed by atoms with Crippen molar-refractivity contribution in [3.8, 4) is 0 Å². The van der Waals surface area contributed by atoms with Crippen molar-refractivity contribution in [3.05, 3.63) is 28.5 Å². The van der Waals surface area contributed by atoms with Crippen LogP contribution in [0.15, 0.2) is 17.8 Å². The van der Waals surface area contributed by atoms with Crippen molar-refractivity contribution >= 4 is 23.0 Å². The molecule has 0 aromatic carbocycles. The maximum atomic E-state index is 5.29. The van der Waals surface area contributed by atoms with Gasteiger partial charge < -0.3 is 10.3 Å². The summed E-state index contributed by atoms with van der Waals surface area (Å²) in [6, 6.07) is 0. The lowest BCUT2D eigenvalue weighted by atomic mass is 10.4. The second-order valence-corrected chi connectivity index (χ2v) is 4.68. The average molecular weight is 250 g/mol. The second kappa shape index (κ2) is 5.07. The number of hydrazine groups is 1. The Morgan fingerprint density at radius 1 is 1.41 bits per heavy atom. The molecular formula is C10H14N6S. The van der Waals surface area contributed by atoms with Gasteiger partial charge in [-0.2, -0.15) is 0 Å². The summed E-state index contributed by atoms with van der Waals surface area (Å²) in [5, 5.41) is 3.11. The number of hydrogen-bond donors (Lipinski definition) is 2. The number of aromatic nitrogens is 3. The molecule has 0 saturated heterocycles. The first-order valence-corrected chi connectivity index (χ1v) is 5.98. The zero-order valence-electron chi connectivity index (χ0n) is 9.71. The van der Waals surface area contributed by atoms with E-state index in [4.69, 9.17) is 5.84 Å². The fraction of sp³-hybridized carbons (Fsp3) is 0.300. The molecule has 0 spiro atoms. The van der Waals surface area contributed by atoms with Crippen molar-refractivity contribution in [2.75, 3.05) is 17.4 Å². The van der Waals surface area contributed by atoms with E-state index in [0.717, 1.165) is 16.5 Å². The summed E-state index contributed by atoms with van der Waals surface area (Å²) in [4.78, 5) is 14.7. The smallest absolute Gasteiger partial charge is 0.160 e. The number of nitrogen functional groups attached to an aromatic ring is 1. The summed E-state index contributed by atoms with van der Waals surface area (Å²) in [5.41, 5.74) is 3.51. The van der Waals surface area contributed by atoms with Crippen LogP contribution in [0, 0.1) is 6.92 Å². The Balaban J connectivity index is 2.11. The Labute approximate surface area is 104 Å². The SMILES string of the molecule is Cc1nc(CN(C)c2cncc(NN)n2)cs1. The van der Waals surface area contributed by atoms with Gasteiger partial charge in [0.2, 0.25) is 0 Å². The molecule has 0 aliphatic heterocycles. The number of aryl methyl sites for hydroxylation is 1. The van der Waals surface area contributed by atoms with Crippen LogP contribution in [0.1, 0.15) is 10.7 Å². The molecule has 3 N–H and O–H groups in total. The van der Waals surface area contributed by atoms with Crippen LogP contribution in [-0.4, -0.2) is 22.0 Å². The van der Waals surface area contributed by atoms with Crippen LogP contribution >= 0.6 is 11.3 Å². The first kappa shape index (κ1) is 11.7. The van der Waals surface area contributed by atoms with E-state index >= 15 is 0 Å². The van der Waals surface area contributed by atoms with Gasteiger partial charge in [-0.25, -0.2) is 15.8 Å². The molecule has 2 rings (SSSR count). The molecule has 6 nitrogen and oxygen atoms in total. The van der Waals surface area contributed by atoms with Crippen molar-refractivity contribution in [2.24, 2.45) is 5.84 Å². The van der Waals surface area contributed by atoms with Crippen molar-refractivity contribution in [1.29, 1.82) is 0 Å². The zero-order valence-corrected chi connectivity index (χ0v) is 10.5. The highest BCUT2D eigenvalue weighted by Gasteiger charge is 2.07. The highest BCUT2D eigenvalue weighted by Crippen LogP contribution is 2.15. The molecule has 0 unspecified atom stereocenters. The van der Waals surface area contributed by atoms with E-state index in [0.29, 0.717) is 12.4 Å². The standard InChI is InChI=1S/C10H14N6S/c1-7-13-8(6-17-7)5-16(2)10-4-12-3-9(14-10)15-11/h3-4,6H,5,11H2,1-2H3,(H,14,15). The number of rotatable bonds is 4. The Bertz CT molecular complexity index is 497. The maximum Gasteiger partial charge on any atom is 0.160 e. The Morgan fingerprint density at radius 3 is 2.88 bits per heavy atom. The van der Waals surface area contributed by atoms with Crippen LogP contribution < -0.4 is 16.2 Å². The monoisotopic (exact) mass is 250 g/mol. The molecule has 0 fully saturated rings. The third kappa shape index (κ3) is 2.89. The van der Waals surface area contributed by atoms with E-state index in [9.17, 15) is 0 Å². The lowest BCUT2D eigenvalue weighted by Crippen LogP contribution is -2.19. The fourth-order valence-electron chi connectivity index (χ4n) is 1.41. The van der Waals surface area contributed by atoms with Crippen LogP contribution in [0.2, 0.25) is 0 Å². The minimum absolute atomic E-state index is 0.545. The predicted molar refractivity (Wildman–Crippen MR) is 68.8 cm³/mol. The molecule has 0 aliphatic carbocycles. The van der Waals surface area contributed by atoms with E-state index in [2.05, 4.69) is 20.4 Å². The van der Waals surface area contributed by atoms with E-state index in [1.807, 2.05) is 24.3 Å². The normalized spacial score (nSPS) is 10.3. The number of anilines is 2. The largest absolute Gasteiger partial charge is 0.352 e. The molecule has 0 saturated carbocycles. The summed E-state index contributed by atoms with van der Waals surface area (Å²) < 4.78 is 0. The lowest BCUT2D eigenvalue weighted by Gasteiger charge is -2.16. The molecule has 0 radical (unpaired) electrons. The molecule has 2 aromatic heterocycles. The molecule has 0 atom stereocenters. The topological polar surface area (TPSA) is 80.0 Å². The third-order valence-electron chi connectivity index (χ3n) is 2.23. The lowest BCUT2D eigenvalue weighted by molar-refractivity contribution is 0.864. The average Bonchev–Trinajstić information content (AvgIpc) is 2.75. The second-order valence-electron chi connectivity index (χ2n) is 3.62. The van der Waals surface area contributed by atoms with Gasteiger partial charge in [-0.05, 0) is 6.92 Å². The molecule has 2 aromatic rings. The number of thiazole rings is 1. The van der Waals surface area contributed by atoms with E-state index < -0.39 is 0 Å². The molecular weight excluding hydrogens is 236 g/mol. The van der Waals surface area contributed by atoms with E-state index in [1.54, 1.807) is 23.7 Å². The van der Waals surface area contributed by atoms with Gasteiger partial charge in [0.25, 0.3) is 0 Å². The van der Waals surface area contributed by atoms with Gasteiger partial charge in [-0.15, -0.1) is 11.3 Å². The first-order chi connectivity index (χ1) is 8.19. The van der Waals surface area contributed by atoms with Crippen molar-refractivity contribution < 1.29 is 0 Å². The Morgan fingerprint density at radius 2 is 2.24 bits per heavy atom. The van der Waals surface area contributed by atoms with Gasteiger partial charge in [0.15, 0.2) is 5.82 Å². The molecule has 90 valence electrons. The molecule has 7 heteroatoms. The molecule has 0 aliphatic rings. The minimum Gasteiger partial charge on any atom is -0.352 e. The molecule has 17 heavy (non-hydrogen) atoms. The highest BCUT2D eigenvalue weighted by atomic mass is 32.1. The minimum atomic E-state index is 0.545. The number of nitrogens with zero attached hydrogens (tertiary/aromatic N) is 4. The molecule has 0 amide bonds. The van der Waals surface area contributed by atoms with Gasteiger partial charge in [0.1, 0.15) is 5.82 Å². The molecule has 0 bridgehead atoms. The van der Waals surface area contributed by atoms with Gasteiger partial charge >= 0.3 is 0 Å². The zero-order chi connectivity index (χ0) is 12.3. The van der Waals surface area contributed by atoms with Crippen LogP contribution in [0.4, 0.5) is 11.6 Å². The Hall–Kier alpha value is -1.73. The summed E-state index contributed by atoms with van der Waals surface area (Å²) >= 11 is 1.64. The summed E-state index contributed by atoms with van der Waals surface area (Å²) in [7, 11) is 1.94. The van der Waals surface area contributed by atoms with Crippen molar-refractivity contribution in [2.45, 2.75) is 13.5 Å². The highest BCUT2D eigenvalue weighted by molar-refractivity contribution is 7.09. The molecule has 2 heterocycles. The summed E-state index contributed by atoms with van der Waals surface area (Å²) in [5.74, 6) is 6.59. The third-order valence-corrected chi connectivity index (χ3v) is 3.05. The number of nitrogens with two attached hydrogens (primary N) is 1. The fourth-order valence-corrected chi connectivity index (χ4v) is 2.02. The van der Waals surface area contributed by atoms with Gasteiger partial charge in [0.05, 0.1) is 29.6 Å². The van der Waals surface area contributed by atoms with E-state index in [-0.39, 0.29) is 0 Å². The van der Waals surface area contributed by atoms with E-state index in [1.165, 1.54) is 0 Å². The van der Waals surface area contributed by atoms with Gasteiger partial charge in [-0.1, -0.05) is 0 Å². The first-order valence-electron chi connectivity index (χ1n) is 5.10. The Kier molecular flexibility index (Phi) is 3.50. The summed E-state index contributed by atoms with van der Waals surface area (Å²) in [6.07, 6.45) is 3.27. The van der Waals surface area contributed by atoms with Crippen LogP contribution in [-0.2, 0) is 6.54 Å². The van der Waals surface area contributed by atoms with Gasteiger partial charge in [-0.3, -0.25) is 4.98 Å². The quantitative estimate of drug-likeness (QED) is 0.626. The number of nitrogens with one attached hydrogen (secondary N) is 1. The maximum absolute atomic E-state index is 5.29. The summed E-state index contributed by atoms with van der Waals surface area (Å²) in [6.45, 7) is 2.69. The van der Waals surface area contributed by atoms with Crippen LogP contribution in [0.5, 0.6) is 0 Å². The van der Waals surface area contributed by atoms with Gasteiger partial charge in [0, 0.05) is 12.4 Å². The van der Waals surface area contributed by atoms with Crippen LogP contribution in [0.3, 0.4) is 0 Å². The van der Waals surface area contributed by atoms with Crippen molar-refractivity contribution in [1.82, 2.24) is 15.0 Å².